The van der Waals surface area contributed by atoms with Gasteiger partial charge in [-0.1, -0.05) is 18.2 Å². The first-order valence-electron chi connectivity index (χ1n) is 6.86. The van der Waals surface area contributed by atoms with Crippen molar-refractivity contribution in [3.05, 3.63) is 29.8 Å². The van der Waals surface area contributed by atoms with E-state index < -0.39 is 0 Å². The summed E-state index contributed by atoms with van der Waals surface area (Å²) >= 11 is 0. The van der Waals surface area contributed by atoms with Crippen LogP contribution in [0.5, 0.6) is 5.75 Å². The van der Waals surface area contributed by atoms with Crippen LogP contribution in [0.15, 0.2) is 24.3 Å². The minimum Gasteiger partial charge on any atom is -0.493 e. The molecule has 1 heterocycles. The van der Waals surface area contributed by atoms with Gasteiger partial charge in [0.25, 0.3) is 0 Å². The number of hydrogen-bond acceptors (Lipinski definition) is 2. The van der Waals surface area contributed by atoms with E-state index in [4.69, 9.17) is 4.74 Å². The summed E-state index contributed by atoms with van der Waals surface area (Å²) in [6.45, 7) is 3.20. The zero-order chi connectivity index (χ0) is 11.5. The van der Waals surface area contributed by atoms with Crippen molar-refractivity contribution in [1.29, 1.82) is 0 Å². The highest BCUT2D eigenvalue weighted by Crippen LogP contribution is 2.34. The molecule has 2 fully saturated rings. The molecular formula is C15H22ClNO. The third kappa shape index (κ3) is 3.39. The predicted molar refractivity (Wildman–Crippen MR) is 76.8 cm³/mol. The summed E-state index contributed by atoms with van der Waals surface area (Å²) in [4.78, 5) is 0. The van der Waals surface area contributed by atoms with E-state index in [0.717, 1.165) is 31.4 Å². The third-order valence-corrected chi connectivity index (χ3v) is 3.87. The molecule has 18 heavy (non-hydrogen) atoms. The first kappa shape index (κ1) is 13.7. The van der Waals surface area contributed by atoms with E-state index in [2.05, 4.69) is 29.6 Å². The molecule has 0 radical (unpaired) electrons. The van der Waals surface area contributed by atoms with Crippen LogP contribution < -0.4 is 10.1 Å². The van der Waals surface area contributed by atoms with E-state index >= 15 is 0 Å². The molecule has 1 aromatic rings. The maximum absolute atomic E-state index is 5.99. The Bertz CT molecular complexity index is 373. The molecule has 1 saturated carbocycles. The molecule has 0 aromatic heterocycles. The van der Waals surface area contributed by atoms with Crippen LogP contribution >= 0.6 is 12.4 Å². The van der Waals surface area contributed by atoms with E-state index in [0.29, 0.717) is 5.92 Å². The lowest BCUT2D eigenvalue weighted by Crippen LogP contribution is -2.26. The standard InChI is InChI=1S/C15H21NO.ClH/c1-2-4-15(17-11-12-5-6-12)14(3-1)13-7-9-16-10-8-13;/h1-4,12-13,16H,5-11H2;1H. The highest BCUT2D eigenvalue weighted by Gasteiger charge is 2.23. The quantitative estimate of drug-likeness (QED) is 0.903. The molecule has 2 aliphatic rings. The minimum atomic E-state index is 0. The van der Waals surface area contributed by atoms with Gasteiger partial charge in [-0.2, -0.15) is 0 Å². The number of piperidine rings is 1. The average molecular weight is 268 g/mol. The molecule has 1 aromatic carbocycles. The number of ether oxygens (including phenoxy) is 1. The zero-order valence-electron chi connectivity index (χ0n) is 10.7. The number of benzene rings is 1. The zero-order valence-corrected chi connectivity index (χ0v) is 11.5. The predicted octanol–water partition coefficient (Wildman–Crippen LogP) is 3.36. The van der Waals surface area contributed by atoms with Gasteiger partial charge in [-0.3, -0.25) is 0 Å². The lowest BCUT2D eigenvalue weighted by atomic mass is 9.89. The molecule has 100 valence electrons. The smallest absolute Gasteiger partial charge is 0.122 e. The molecule has 1 aliphatic carbocycles. The Morgan fingerprint density at radius 3 is 2.50 bits per heavy atom. The summed E-state index contributed by atoms with van der Waals surface area (Å²) in [7, 11) is 0. The summed E-state index contributed by atoms with van der Waals surface area (Å²) < 4.78 is 5.99. The minimum absolute atomic E-state index is 0. The lowest BCUT2D eigenvalue weighted by molar-refractivity contribution is 0.292. The molecule has 0 bridgehead atoms. The van der Waals surface area contributed by atoms with E-state index in [1.807, 2.05) is 0 Å². The summed E-state index contributed by atoms with van der Waals surface area (Å²) in [5.41, 5.74) is 1.43. The number of halogens is 1. The maximum atomic E-state index is 5.99. The number of hydrogen-bond donors (Lipinski definition) is 1. The molecule has 0 unspecified atom stereocenters. The molecule has 1 saturated heterocycles. The Morgan fingerprint density at radius 2 is 1.78 bits per heavy atom. The molecule has 1 N–H and O–H groups in total. The molecule has 2 nitrogen and oxygen atoms in total. The van der Waals surface area contributed by atoms with Crippen molar-refractivity contribution < 1.29 is 4.74 Å². The third-order valence-electron chi connectivity index (χ3n) is 3.87. The van der Waals surface area contributed by atoms with E-state index in [-0.39, 0.29) is 12.4 Å². The number of nitrogens with one attached hydrogen (secondary N) is 1. The summed E-state index contributed by atoms with van der Waals surface area (Å²) in [6.07, 6.45) is 5.19. The Morgan fingerprint density at radius 1 is 1.06 bits per heavy atom. The second-order valence-electron chi connectivity index (χ2n) is 5.32. The van der Waals surface area contributed by atoms with Crippen LogP contribution in [0.1, 0.15) is 37.2 Å². The summed E-state index contributed by atoms with van der Waals surface area (Å²) in [5, 5.41) is 3.42. The fourth-order valence-corrected chi connectivity index (χ4v) is 2.57. The van der Waals surface area contributed by atoms with Gasteiger partial charge in [0.05, 0.1) is 6.61 Å². The van der Waals surface area contributed by atoms with Crippen molar-refractivity contribution in [2.45, 2.75) is 31.6 Å². The van der Waals surface area contributed by atoms with Gasteiger partial charge in [0.15, 0.2) is 0 Å². The van der Waals surface area contributed by atoms with Gasteiger partial charge >= 0.3 is 0 Å². The fourth-order valence-electron chi connectivity index (χ4n) is 2.57. The van der Waals surface area contributed by atoms with Gasteiger partial charge in [-0.05, 0) is 62.2 Å². The number of para-hydroxylation sites is 1. The van der Waals surface area contributed by atoms with Gasteiger partial charge in [-0.25, -0.2) is 0 Å². The largest absolute Gasteiger partial charge is 0.493 e. The van der Waals surface area contributed by atoms with Crippen molar-refractivity contribution in [3.63, 3.8) is 0 Å². The van der Waals surface area contributed by atoms with Crippen LogP contribution in [0.3, 0.4) is 0 Å². The summed E-state index contributed by atoms with van der Waals surface area (Å²) in [6, 6.07) is 8.62. The second-order valence-corrected chi connectivity index (χ2v) is 5.32. The molecule has 3 rings (SSSR count). The van der Waals surface area contributed by atoms with Crippen molar-refractivity contribution in [2.24, 2.45) is 5.92 Å². The van der Waals surface area contributed by atoms with Crippen molar-refractivity contribution >= 4 is 12.4 Å². The van der Waals surface area contributed by atoms with Gasteiger partial charge in [0.2, 0.25) is 0 Å². The van der Waals surface area contributed by atoms with E-state index in [1.165, 1.54) is 31.2 Å². The van der Waals surface area contributed by atoms with Gasteiger partial charge in [0.1, 0.15) is 5.75 Å². The van der Waals surface area contributed by atoms with Crippen LogP contribution in [-0.2, 0) is 0 Å². The van der Waals surface area contributed by atoms with Crippen LogP contribution in [0.2, 0.25) is 0 Å². The Kier molecular flexibility index (Phi) is 4.90. The van der Waals surface area contributed by atoms with E-state index in [9.17, 15) is 0 Å². The van der Waals surface area contributed by atoms with Gasteiger partial charge in [-0.15, -0.1) is 12.4 Å². The van der Waals surface area contributed by atoms with E-state index in [1.54, 1.807) is 0 Å². The highest BCUT2D eigenvalue weighted by molar-refractivity contribution is 5.85. The van der Waals surface area contributed by atoms with Crippen LogP contribution in [0, 0.1) is 5.92 Å². The Labute approximate surface area is 116 Å². The SMILES string of the molecule is Cl.c1ccc(C2CCNCC2)c(OCC2CC2)c1. The van der Waals surface area contributed by atoms with Gasteiger partial charge < -0.3 is 10.1 Å². The molecular weight excluding hydrogens is 246 g/mol. The number of rotatable bonds is 4. The van der Waals surface area contributed by atoms with Gasteiger partial charge in [0, 0.05) is 0 Å². The van der Waals surface area contributed by atoms with Crippen molar-refractivity contribution in [2.75, 3.05) is 19.7 Å². The molecule has 3 heteroatoms. The topological polar surface area (TPSA) is 21.3 Å². The van der Waals surface area contributed by atoms with Crippen LogP contribution in [0.4, 0.5) is 0 Å². The lowest BCUT2D eigenvalue weighted by Gasteiger charge is -2.24. The Hall–Kier alpha value is -0.730. The monoisotopic (exact) mass is 267 g/mol. The Balaban J connectivity index is 0.00000120. The van der Waals surface area contributed by atoms with Crippen molar-refractivity contribution in [1.82, 2.24) is 5.32 Å². The highest BCUT2D eigenvalue weighted by atomic mass is 35.5. The summed E-state index contributed by atoms with van der Waals surface area (Å²) in [5.74, 6) is 2.65. The maximum Gasteiger partial charge on any atom is 0.122 e. The second kappa shape index (κ2) is 6.44. The molecule has 0 atom stereocenters. The fraction of sp³-hybridized carbons (Fsp3) is 0.600. The molecule has 0 spiro atoms. The normalized spacial score (nSPS) is 20.2. The first-order valence-corrected chi connectivity index (χ1v) is 6.86. The van der Waals surface area contributed by atoms with Crippen LogP contribution in [-0.4, -0.2) is 19.7 Å². The first-order chi connectivity index (χ1) is 8.43. The van der Waals surface area contributed by atoms with Crippen molar-refractivity contribution in [3.8, 4) is 5.75 Å². The molecule has 1 aliphatic heterocycles. The van der Waals surface area contributed by atoms with Crippen LogP contribution in [0.25, 0.3) is 0 Å². The molecule has 0 amide bonds. The average Bonchev–Trinajstić information content (AvgIpc) is 3.22.